The van der Waals surface area contributed by atoms with Crippen molar-refractivity contribution in [2.45, 2.75) is 31.7 Å². The summed E-state index contributed by atoms with van der Waals surface area (Å²) in [4.78, 5) is 20.0. The molecule has 132 valence electrons. The van der Waals surface area contributed by atoms with Crippen LogP contribution < -0.4 is 0 Å². The SMILES string of the molecule is O=C(C1CC1)N1CCN(C(=S)S)C(CCc2c[nH]c3ccccc23)C1. The molecule has 1 unspecified atom stereocenters. The third kappa shape index (κ3) is 3.55. The summed E-state index contributed by atoms with van der Waals surface area (Å²) in [6.07, 6.45) is 6.15. The monoisotopic (exact) mass is 373 g/mol. The number of nitrogens with zero attached hydrogens (tertiary/aromatic N) is 2. The van der Waals surface area contributed by atoms with Crippen LogP contribution in [0.2, 0.25) is 0 Å². The van der Waals surface area contributed by atoms with Gasteiger partial charge in [0.25, 0.3) is 0 Å². The van der Waals surface area contributed by atoms with Crippen LogP contribution in [0.5, 0.6) is 0 Å². The van der Waals surface area contributed by atoms with Crippen LogP contribution in [0.4, 0.5) is 0 Å². The average Bonchev–Trinajstić information content (AvgIpc) is 3.39. The Kier molecular flexibility index (Phi) is 4.73. The molecule has 4 nitrogen and oxygen atoms in total. The minimum Gasteiger partial charge on any atom is -0.361 e. The molecule has 6 heteroatoms. The zero-order valence-electron chi connectivity index (χ0n) is 14.1. The molecule has 0 radical (unpaired) electrons. The highest BCUT2D eigenvalue weighted by molar-refractivity contribution is 8.10. The molecule has 1 aliphatic heterocycles. The number of benzene rings is 1. The first-order chi connectivity index (χ1) is 12.1. The highest BCUT2D eigenvalue weighted by Crippen LogP contribution is 2.32. The molecule has 2 aliphatic rings. The van der Waals surface area contributed by atoms with E-state index in [4.69, 9.17) is 12.2 Å². The maximum Gasteiger partial charge on any atom is 0.225 e. The number of aromatic amines is 1. The first kappa shape index (κ1) is 16.9. The Hall–Kier alpha value is -1.53. The third-order valence-corrected chi connectivity index (χ3v) is 5.88. The smallest absolute Gasteiger partial charge is 0.225 e. The van der Waals surface area contributed by atoms with Crippen molar-refractivity contribution in [3.8, 4) is 0 Å². The quantitative estimate of drug-likeness (QED) is 0.638. The number of aryl methyl sites for hydroxylation is 1. The number of para-hydroxylation sites is 1. The summed E-state index contributed by atoms with van der Waals surface area (Å²) >= 11 is 9.74. The van der Waals surface area contributed by atoms with Crippen LogP contribution in [0, 0.1) is 5.92 Å². The summed E-state index contributed by atoms with van der Waals surface area (Å²) in [5.74, 6) is 0.616. The third-order valence-electron chi connectivity index (χ3n) is 5.39. The summed E-state index contributed by atoms with van der Waals surface area (Å²) in [5.41, 5.74) is 2.50. The van der Waals surface area contributed by atoms with Gasteiger partial charge in [0.05, 0.1) is 0 Å². The van der Waals surface area contributed by atoms with Crippen molar-refractivity contribution in [3.05, 3.63) is 36.0 Å². The highest BCUT2D eigenvalue weighted by atomic mass is 32.1. The molecule has 0 bridgehead atoms. The van der Waals surface area contributed by atoms with Crippen LogP contribution in [-0.2, 0) is 11.2 Å². The number of H-pyrrole nitrogens is 1. The molecule has 1 saturated heterocycles. The van der Waals surface area contributed by atoms with Gasteiger partial charge in [-0.25, -0.2) is 0 Å². The number of nitrogens with one attached hydrogen (secondary N) is 1. The van der Waals surface area contributed by atoms with E-state index in [2.05, 4.69) is 46.9 Å². The number of piperazine rings is 1. The fraction of sp³-hybridized carbons (Fsp3) is 0.474. The van der Waals surface area contributed by atoms with Gasteiger partial charge >= 0.3 is 0 Å². The normalized spacial score (nSPS) is 20.9. The Labute approximate surface area is 159 Å². The molecule has 1 atom stereocenters. The van der Waals surface area contributed by atoms with E-state index in [0.29, 0.717) is 10.2 Å². The second-order valence-corrected chi connectivity index (χ2v) is 8.20. The molecule has 2 aromatic rings. The van der Waals surface area contributed by atoms with Crippen molar-refractivity contribution in [2.24, 2.45) is 5.92 Å². The minimum atomic E-state index is 0.245. The molecule has 25 heavy (non-hydrogen) atoms. The molecule has 2 fully saturated rings. The predicted molar refractivity (Wildman–Crippen MR) is 108 cm³/mol. The molecule has 2 heterocycles. The van der Waals surface area contributed by atoms with E-state index in [0.717, 1.165) is 45.3 Å². The summed E-state index contributed by atoms with van der Waals surface area (Å²) < 4.78 is 0.641. The van der Waals surface area contributed by atoms with Crippen molar-refractivity contribution in [3.63, 3.8) is 0 Å². The molecule has 4 rings (SSSR count). The van der Waals surface area contributed by atoms with Crippen LogP contribution in [0.25, 0.3) is 10.9 Å². The van der Waals surface area contributed by atoms with Crippen molar-refractivity contribution in [1.82, 2.24) is 14.8 Å². The molecule has 1 amide bonds. The van der Waals surface area contributed by atoms with Gasteiger partial charge in [0.2, 0.25) is 5.91 Å². The van der Waals surface area contributed by atoms with Gasteiger partial charge < -0.3 is 14.8 Å². The summed E-state index contributed by atoms with van der Waals surface area (Å²) in [6, 6.07) is 8.63. The first-order valence-electron chi connectivity index (χ1n) is 8.97. The van der Waals surface area contributed by atoms with Gasteiger partial charge in [0.1, 0.15) is 4.32 Å². The Bertz CT molecular complexity index is 799. The van der Waals surface area contributed by atoms with E-state index >= 15 is 0 Å². The molecule has 1 N–H and O–H groups in total. The van der Waals surface area contributed by atoms with E-state index < -0.39 is 0 Å². The van der Waals surface area contributed by atoms with Gasteiger partial charge in [-0.2, -0.15) is 0 Å². The summed E-state index contributed by atoms with van der Waals surface area (Å²) in [7, 11) is 0. The molecule has 1 aromatic heterocycles. The van der Waals surface area contributed by atoms with Gasteiger partial charge in [0, 0.05) is 48.7 Å². The number of carbonyl (C=O) groups is 1. The van der Waals surface area contributed by atoms with E-state index in [1.165, 1.54) is 16.5 Å². The molecule has 1 aliphatic carbocycles. The lowest BCUT2D eigenvalue weighted by molar-refractivity contribution is -0.134. The second-order valence-electron chi connectivity index (χ2n) is 7.09. The van der Waals surface area contributed by atoms with E-state index in [-0.39, 0.29) is 12.0 Å². The van der Waals surface area contributed by atoms with Crippen LogP contribution in [-0.4, -0.2) is 50.7 Å². The maximum absolute atomic E-state index is 12.4. The molecular weight excluding hydrogens is 350 g/mol. The molecule has 1 saturated carbocycles. The lowest BCUT2D eigenvalue weighted by Crippen LogP contribution is -2.55. The van der Waals surface area contributed by atoms with Gasteiger partial charge in [-0.15, -0.1) is 12.6 Å². The number of aromatic nitrogens is 1. The number of thiol groups is 1. The Morgan fingerprint density at radius 3 is 2.84 bits per heavy atom. The zero-order valence-corrected chi connectivity index (χ0v) is 15.9. The van der Waals surface area contributed by atoms with Gasteiger partial charge in [-0.3, -0.25) is 4.79 Å². The Morgan fingerprint density at radius 1 is 1.28 bits per heavy atom. The predicted octanol–water partition coefficient (Wildman–Crippen LogP) is 3.24. The average molecular weight is 374 g/mol. The Morgan fingerprint density at radius 2 is 2.08 bits per heavy atom. The van der Waals surface area contributed by atoms with Gasteiger partial charge in [0.15, 0.2) is 0 Å². The number of amides is 1. The largest absolute Gasteiger partial charge is 0.361 e. The maximum atomic E-state index is 12.4. The summed E-state index contributed by atoms with van der Waals surface area (Å²) in [6.45, 7) is 2.32. The van der Waals surface area contributed by atoms with Crippen LogP contribution in [0.1, 0.15) is 24.8 Å². The first-order valence-corrected chi connectivity index (χ1v) is 9.82. The van der Waals surface area contributed by atoms with Crippen molar-refractivity contribution >= 4 is 46.0 Å². The number of fused-ring (bicyclic) bond motifs is 1. The topological polar surface area (TPSA) is 39.3 Å². The number of carbonyl (C=O) groups excluding carboxylic acids is 1. The van der Waals surface area contributed by atoms with Crippen molar-refractivity contribution < 1.29 is 4.79 Å². The summed E-state index contributed by atoms with van der Waals surface area (Å²) in [5, 5.41) is 1.28. The fourth-order valence-electron chi connectivity index (χ4n) is 3.80. The second kappa shape index (κ2) is 7.00. The van der Waals surface area contributed by atoms with Crippen LogP contribution in [0.3, 0.4) is 0 Å². The van der Waals surface area contributed by atoms with E-state index in [1.54, 1.807) is 0 Å². The van der Waals surface area contributed by atoms with Gasteiger partial charge in [-0.1, -0.05) is 30.4 Å². The van der Waals surface area contributed by atoms with Gasteiger partial charge in [-0.05, 0) is 37.3 Å². The van der Waals surface area contributed by atoms with Crippen LogP contribution >= 0.6 is 24.8 Å². The zero-order chi connectivity index (χ0) is 17.4. The number of rotatable bonds is 4. The minimum absolute atomic E-state index is 0.245. The van der Waals surface area contributed by atoms with Crippen LogP contribution in [0.15, 0.2) is 30.5 Å². The standard InChI is InChI=1S/C19H23N3OS2/c23-18(13-5-6-13)21-9-10-22(19(24)25)15(12-21)8-7-14-11-20-17-4-2-1-3-16(14)17/h1-4,11,13,15,20H,5-10,12H2,(H,24,25). The molecular formula is C19H23N3OS2. The number of hydrogen-bond acceptors (Lipinski definition) is 2. The van der Waals surface area contributed by atoms with E-state index in [9.17, 15) is 4.79 Å². The number of thiocarbonyl (C=S) groups is 1. The van der Waals surface area contributed by atoms with Crippen molar-refractivity contribution in [1.29, 1.82) is 0 Å². The van der Waals surface area contributed by atoms with E-state index in [1.807, 2.05) is 11.0 Å². The Balaban J connectivity index is 1.46. The lowest BCUT2D eigenvalue weighted by atomic mass is 10.0. The highest BCUT2D eigenvalue weighted by Gasteiger charge is 2.37. The lowest BCUT2D eigenvalue weighted by Gasteiger charge is -2.42. The number of hydrogen-bond donors (Lipinski definition) is 2. The molecule has 0 spiro atoms. The van der Waals surface area contributed by atoms with Crippen molar-refractivity contribution in [2.75, 3.05) is 19.6 Å². The molecule has 1 aromatic carbocycles. The fourth-order valence-corrected chi connectivity index (χ4v) is 4.31.